The molecule has 7 heteroatoms. The van der Waals surface area contributed by atoms with Gasteiger partial charge in [-0.05, 0) is 37.3 Å². The highest BCUT2D eigenvalue weighted by atomic mass is 32.1. The summed E-state index contributed by atoms with van der Waals surface area (Å²) in [6, 6.07) is 6.60. The second-order valence-electron chi connectivity index (χ2n) is 3.83. The number of isothiocyanates is 1. The number of hydrogen-bond donors (Lipinski definition) is 1. The minimum Gasteiger partial charge on any atom is -0.489 e. The lowest BCUT2D eigenvalue weighted by Crippen LogP contribution is -2.21. The lowest BCUT2D eigenvalue weighted by atomic mass is 10.2. The van der Waals surface area contributed by atoms with E-state index in [4.69, 9.17) is 19.3 Å². The van der Waals surface area contributed by atoms with Gasteiger partial charge < -0.3 is 19.3 Å². The molecule has 0 amide bonds. The average molecular weight is 311 g/mol. The first-order valence-corrected chi connectivity index (χ1v) is 6.81. The van der Waals surface area contributed by atoms with Crippen molar-refractivity contribution >= 4 is 23.3 Å². The highest BCUT2D eigenvalue weighted by molar-refractivity contribution is 7.78. The zero-order valence-electron chi connectivity index (χ0n) is 11.7. The highest BCUT2D eigenvalue weighted by Crippen LogP contribution is 2.15. The summed E-state index contributed by atoms with van der Waals surface area (Å²) in [5.74, 6) is 0.0747. The van der Waals surface area contributed by atoms with Crippen LogP contribution in [-0.4, -0.2) is 48.9 Å². The van der Waals surface area contributed by atoms with Crippen LogP contribution in [-0.2, 0) is 9.47 Å². The smallest absolute Gasteiger partial charge is 0.338 e. The molecule has 21 heavy (non-hydrogen) atoms. The maximum absolute atomic E-state index is 11.6. The van der Waals surface area contributed by atoms with Crippen molar-refractivity contribution in [3.05, 3.63) is 29.8 Å². The third-order valence-electron chi connectivity index (χ3n) is 2.34. The molecule has 0 spiro atoms. The van der Waals surface area contributed by atoms with Crippen LogP contribution in [0.1, 0.15) is 17.3 Å². The number of carbonyl (C=O) groups excluding carboxylic acids is 1. The molecule has 1 rings (SSSR count). The van der Waals surface area contributed by atoms with E-state index < -0.39 is 12.2 Å². The number of carbonyl (C=O) groups is 1. The molecule has 0 bridgehead atoms. The van der Waals surface area contributed by atoms with E-state index >= 15 is 0 Å². The standard InChI is InChI=1S/C14H17NO5S/c1-2-18-14(17)11-4-3-5-12(8-11)20-9-13(15-10-21)19-7-6-16/h3-5,8,13,16H,2,6-7,9H2,1H3. The van der Waals surface area contributed by atoms with Gasteiger partial charge in [-0.1, -0.05) is 6.07 Å². The lowest BCUT2D eigenvalue weighted by Gasteiger charge is -2.13. The molecule has 0 aliphatic carbocycles. The Kier molecular flexibility index (Phi) is 8.23. The zero-order valence-corrected chi connectivity index (χ0v) is 12.5. The van der Waals surface area contributed by atoms with E-state index in [1.807, 2.05) is 0 Å². The number of benzene rings is 1. The molecule has 0 fully saturated rings. The Morgan fingerprint density at radius 2 is 2.33 bits per heavy atom. The van der Waals surface area contributed by atoms with Crippen LogP contribution in [0.4, 0.5) is 0 Å². The molecule has 0 aliphatic rings. The Morgan fingerprint density at radius 1 is 1.52 bits per heavy atom. The van der Waals surface area contributed by atoms with Crippen LogP contribution >= 0.6 is 12.2 Å². The molecule has 0 radical (unpaired) electrons. The van der Waals surface area contributed by atoms with Crippen LogP contribution in [0.2, 0.25) is 0 Å². The van der Waals surface area contributed by atoms with E-state index in [1.54, 1.807) is 31.2 Å². The summed E-state index contributed by atoms with van der Waals surface area (Å²) < 4.78 is 15.6. The molecular formula is C14H17NO5S. The molecule has 0 heterocycles. The monoisotopic (exact) mass is 311 g/mol. The van der Waals surface area contributed by atoms with Crippen LogP contribution in [0, 0.1) is 0 Å². The van der Waals surface area contributed by atoms with Gasteiger partial charge in [-0.3, -0.25) is 0 Å². The van der Waals surface area contributed by atoms with Crippen molar-refractivity contribution in [2.24, 2.45) is 4.99 Å². The van der Waals surface area contributed by atoms with Crippen molar-refractivity contribution in [3.8, 4) is 5.75 Å². The average Bonchev–Trinajstić information content (AvgIpc) is 2.50. The molecule has 1 atom stereocenters. The van der Waals surface area contributed by atoms with Crippen molar-refractivity contribution in [1.82, 2.24) is 0 Å². The van der Waals surface area contributed by atoms with Gasteiger partial charge in [0.25, 0.3) is 0 Å². The molecule has 1 aromatic carbocycles. The Balaban J connectivity index is 2.63. The fourth-order valence-electron chi connectivity index (χ4n) is 1.46. The third-order valence-corrected chi connectivity index (χ3v) is 2.44. The van der Waals surface area contributed by atoms with Gasteiger partial charge in [0.05, 0.1) is 30.5 Å². The van der Waals surface area contributed by atoms with Crippen molar-refractivity contribution in [3.63, 3.8) is 0 Å². The highest BCUT2D eigenvalue weighted by Gasteiger charge is 2.10. The predicted octanol–water partition coefficient (Wildman–Crippen LogP) is 1.68. The van der Waals surface area contributed by atoms with Crippen LogP contribution in [0.25, 0.3) is 0 Å². The summed E-state index contributed by atoms with van der Waals surface area (Å²) in [6.07, 6.45) is -0.652. The van der Waals surface area contributed by atoms with Gasteiger partial charge in [0, 0.05) is 0 Å². The van der Waals surface area contributed by atoms with E-state index in [2.05, 4.69) is 22.4 Å². The second kappa shape index (κ2) is 10.0. The van der Waals surface area contributed by atoms with Gasteiger partial charge >= 0.3 is 5.97 Å². The van der Waals surface area contributed by atoms with Gasteiger partial charge in [0.1, 0.15) is 12.4 Å². The van der Waals surface area contributed by atoms with Crippen LogP contribution in [0.5, 0.6) is 5.75 Å². The topological polar surface area (TPSA) is 77.4 Å². The largest absolute Gasteiger partial charge is 0.489 e. The number of rotatable bonds is 9. The molecule has 1 unspecified atom stereocenters. The van der Waals surface area contributed by atoms with Gasteiger partial charge in [-0.15, -0.1) is 0 Å². The molecular weight excluding hydrogens is 294 g/mol. The number of thiocarbonyl (C=S) groups is 1. The number of hydrogen-bond acceptors (Lipinski definition) is 7. The van der Waals surface area contributed by atoms with Gasteiger partial charge in [0.15, 0.2) is 6.23 Å². The summed E-state index contributed by atoms with van der Waals surface area (Å²) in [7, 11) is 0. The summed E-state index contributed by atoms with van der Waals surface area (Å²) >= 11 is 4.52. The first kappa shape index (κ1) is 17.3. The number of ether oxygens (including phenoxy) is 3. The van der Waals surface area contributed by atoms with Crippen molar-refractivity contribution in [2.75, 3.05) is 26.4 Å². The molecule has 1 aromatic rings. The number of aliphatic hydroxyl groups is 1. The molecule has 0 aliphatic heterocycles. The second-order valence-corrected chi connectivity index (χ2v) is 4.01. The van der Waals surface area contributed by atoms with Crippen molar-refractivity contribution in [1.29, 1.82) is 0 Å². The fourth-order valence-corrected chi connectivity index (χ4v) is 1.58. The molecule has 0 saturated heterocycles. The summed E-state index contributed by atoms with van der Waals surface area (Å²) in [4.78, 5) is 15.4. The SMILES string of the molecule is CCOC(=O)c1cccc(OCC(N=C=S)OCCO)c1. The Bertz CT molecular complexity index is 502. The number of nitrogens with zero attached hydrogens (tertiary/aromatic N) is 1. The van der Waals surface area contributed by atoms with Crippen molar-refractivity contribution < 1.29 is 24.1 Å². The molecule has 1 N–H and O–H groups in total. The Hall–Kier alpha value is -1.79. The van der Waals surface area contributed by atoms with E-state index in [-0.39, 0.29) is 19.8 Å². The minimum absolute atomic E-state index is 0.0932. The molecule has 6 nitrogen and oxygen atoms in total. The summed E-state index contributed by atoms with van der Waals surface area (Å²) in [5.41, 5.74) is 0.403. The summed E-state index contributed by atoms with van der Waals surface area (Å²) in [5, 5.41) is 10.9. The first-order chi connectivity index (χ1) is 10.2. The number of aliphatic hydroxyl groups excluding tert-OH is 1. The first-order valence-electron chi connectivity index (χ1n) is 6.40. The fraction of sp³-hybridized carbons (Fsp3) is 0.429. The third kappa shape index (κ3) is 6.46. The summed E-state index contributed by atoms with van der Waals surface area (Å²) in [6.45, 7) is 2.14. The van der Waals surface area contributed by atoms with Crippen LogP contribution < -0.4 is 4.74 Å². The van der Waals surface area contributed by atoms with Gasteiger partial charge in [-0.25, -0.2) is 4.79 Å². The number of esters is 1. The van der Waals surface area contributed by atoms with Crippen LogP contribution in [0.3, 0.4) is 0 Å². The molecule has 0 saturated carbocycles. The van der Waals surface area contributed by atoms with Crippen LogP contribution in [0.15, 0.2) is 29.3 Å². The van der Waals surface area contributed by atoms with E-state index in [0.29, 0.717) is 17.9 Å². The van der Waals surface area contributed by atoms with Crippen molar-refractivity contribution in [2.45, 2.75) is 13.2 Å². The quantitative estimate of drug-likeness (QED) is 0.425. The van der Waals surface area contributed by atoms with Gasteiger partial charge in [0.2, 0.25) is 0 Å². The van der Waals surface area contributed by atoms with Gasteiger partial charge in [-0.2, -0.15) is 4.99 Å². The number of aliphatic imine (C=N–C) groups is 1. The Labute approximate surface area is 128 Å². The maximum Gasteiger partial charge on any atom is 0.338 e. The lowest BCUT2D eigenvalue weighted by molar-refractivity contribution is 0.00838. The zero-order chi connectivity index (χ0) is 15.5. The maximum atomic E-state index is 11.6. The van der Waals surface area contributed by atoms with E-state index in [9.17, 15) is 4.79 Å². The normalized spacial score (nSPS) is 11.3. The minimum atomic E-state index is -0.652. The van der Waals surface area contributed by atoms with E-state index in [0.717, 1.165) is 0 Å². The predicted molar refractivity (Wildman–Crippen MR) is 79.7 cm³/mol. The van der Waals surface area contributed by atoms with E-state index in [1.165, 1.54) is 0 Å². The Morgan fingerprint density at radius 3 is 3.00 bits per heavy atom. The molecule has 114 valence electrons. The molecule has 0 aromatic heterocycles.